The number of fused-ring (bicyclic) bond motifs is 1. The van der Waals surface area contributed by atoms with E-state index in [1.165, 1.54) is 12.4 Å². The average Bonchev–Trinajstić information content (AvgIpc) is 2.67. The Kier molecular flexibility index (Phi) is 5.14. The third kappa shape index (κ3) is 3.50. The Balaban J connectivity index is 2.21. The minimum absolute atomic E-state index is 0.105. The van der Waals surface area contributed by atoms with Crippen LogP contribution in [0.2, 0.25) is 0 Å². The summed E-state index contributed by atoms with van der Waals surface area (Å²) >= 11 is 0. The quantitative estimate of drug-likeness (QED) is 0.743. The van der Waals surface area contributed by atoms with Gasteiger partial charge in [-0.2, -0.15) is 5.26 Å². The number of nitrogen functional groups attached to an aromatic ring is 1. The topological polar surface area (TPSA) is 95.0 Å². The number of benzene rings is 1. The molecule has 8 heteroatoms. The van der Waals surface area contributed by atoms with Crippen LogP contribution in [0.1, 0.15) is 18.1 Å². The van der Waals surface area contributed by atoms with Crippen molar-refractivity contribution >= 4 is 28.4 Å². The maximum absolute atomic E-state index is 14.3. The zero-order valence-electron chi connectivity index (χ0n) is 15.4. The lowest BCUT2D eigenvalue weighted by atomic mass is 10.1. The maximum atomic E-state index is 14.3. The van der Waals surface area contributed by atoms with Gasteiger partial charge in [0.15, 0.2) is 5.82 Å². The summed E-state index contributed by atoms with van der Waals surface area (Å²) in [4.78, 5) is 16.5. The molecule has 2 aromatic heterocycles. The minimum atomic E-state index is -0.321. The Morgan fingerprint density at radius 3 is 2.70 bits per heavy atom. The van der Waals surface area contributed by atoms with Crippen molar-refractivity contribution in [3.63, 3.8) is 0 Å². The van der Waals surface area contributed by atoms with Crippen LogP contribution in [0.25, 0.3) is 10.9 Å². The summed E-state index contributed by atoms with van der Waals surface area (Å²) in [5.74, 6) is 0.726. The first-order valence-corrected chi connectivity index (χ1v) is 8.47. The predicted octanol–water partition coefficient (Wildman–Crippen LogP) is 2.84. The van der Waals surface area contributed by atoms with Crippen molar-refractivity contribution in [3.8, 4) is 6.07 Å². The normalized spacial score (nSPS) is 11.0. The highest BCUT2D eigenvalue weighted by Crippen LogP contribution is 2.31. The van der Waals surface area contributed by atoms with E-state index in [0.29, 0.717) is 29.1 Å². The molecule has 0 atom stereocenters. The number of hydrogen-bond donors (Lipinski definition) is 1. The van der Waals surface area contributed by atoms with Crippen LogP contribution >= 0.6 is 0 Å². The van der Waals surface area contributed by atoms with E-state index in [2.05, 4.69) is 19.9 Å². The number of halogens is 1. The Hall–Kier alpha value is -3.31. The number of rotatable bonds is 5. The highest BCUT2D eigenvalue weighted by Gasteiger charge is 2.20. The molecular formula is C19H20FN7. The van der Waals surface area contributed by atoms with Gasteiger partial charge >= 0.3 is 0 Å². The average molecular weight is 365 g/mol. The SMILES string of the molecule is CCN(C)Cc1cc2c(F)cccc2nc1N(C)c1ncnc(N)c1C#N. The molecule has 0 saturated heterocycles. The van der Waals surface area contributed by atoms with Gasteiger partial charge in [-0.3, -0.25) is 0 Å². The summed E-state index contributed by atoms with van der Waals surface area (Å²) in [6.45, 7) is 3.43. The standard InChI is InChI=1S/C19H20FN7/c1-4-26(2)10-12-8-13-15(20)6-5-7-16(13)25-18(12)27(3)19-14(9-21)17(22)23-11-24-19/h5-8,11H,4,10H2,1-3H3,(H2,22,23,24). The van der Waals surface area contributed by atoms with Gasteiger partial charge < -0.3 is 15.5 Å². The first kappa shape index (κ1) is 18.5. The van der Waals surface area contributed by atoms with E-state index in [9.17, 15) is 9.65 Å². The van der Waals surface area contributed by atoms with E-state index in [4.69, 9.17) is 5.73 Å². The Labute approximate surface area is 156 Å². The second-order valence-corrected chi connectivity index (χ2v) is 6.24. The van der Waals surface area contributed by atoms with Crippen LogP contribution in [0.4, 0.5) is 21.8 Å². The lowest BCUT2D eigenvalue weighted by molar-refractivity contribution is 0.346. The van der Waals surface area contributed by atoms with Gasteiger partial charge in [0, 0.05) is 24.5 Å². The van der Waals surface area contributed by atoms with Crippen molar-refractivity contribution in [3.05, 3.63) is 47.5 Å². The largest absolute Gasteiger partial charge is 0.382 e. The molecular weight excluding hydrogens is 345 g/mol. The predicted molar refractivity (Wildman–Crippen MR) is 103 cm³/mol. The number of nitrogens with zero attached hydrogens (tertiary/aromatic N) is 6. The van der Waals surface area contributed by atoms with Crippen LogP contribution in [0.5, 0.6) is 0 Å². The molecule has 3 aromatic rings. The molecule has 7 nitrogen and oxygen atoms in total. The summed E-state index contributed by atoms with van der Waals surface area (Å²) < 4.78 is 14.3. The van der Waals surface area contributed by atoms with E-state index < -0.39 is 0 Å². The van der Waals surface area contributed by atoms with Gasteiger partial charge in [-0.1, -0.05) is 13.0 Å². The van der Waals surface area contributed by atoms with E-state index in [1.807, 2.05) is 20.0 Å². The summed E-state index contributed by atoms with van der Waals surface area (Å²) in [5.41, 5.74) is 7.34. The molecule has 1 aromatic carbocycles. The molecule has 2 N–H and O–H groups in total. The van der Waals surface area contributed by atoms with Crippen molar-refractivity contribution in [2.75, 3.05) is 31.3 Å². The molecule has 138 valence electrons. The fraction of sp³-hybridized carbons (Fsp3) is 0.263. The number of pyridine rings is 1. The summed E-state index contributed by atoms with van der Waals surface area (Å²) in [6, 6.07) is 8.63. The maximum Gasteiger partial charge on any atom is 0.157 e. The molecule has 3 rings (SSSR count). The van der Waals surface area contributed by atoms with Crippen LogP contribution in [-0.4, -0.2) is 40.5 Å². The van der Waals surface area contributed by atoms with Crippen LogP contribution < -0.4 is 10.6 Å². The van der Waals surface area contributed by atoms with Crippen LogP contribution in [0.3, 0.4) is 0 Å². The van der Waals surface area contributed by atoms with Gasteiger partial charge in [0.1, 0.15) is 35.4 Å². The van der Waals surface area contributed by atoms with E-state index in [1.54, 1.807) is 30.1 Å². The highest BCUT2D eigenvalue weighted by molar-refractivity contribution is 5.84. The Bertz CT molecular complexity index is 1030. The van der Waals surface area contributed by atoms with E-state index in [0.717, 1.165) is 12.1 Å². The van der Waals surface area contributed by atoms with Crippen LogP contribution in [0.15, 0.2) is 30.6 Å². The lowest BCUT2D eigenvalue weighted by Crippen LogP contribution is -2.22. The van der Waals surface area contributed by atoms with Crippen molar-refractivity contribution in [2.24, 2.45) is 0 Å². The smallest absolute Gasteiger partial charge is 0.157 e. The van der Waals surface area contributed by atoms with Gasteiger partial charge in [0.25, 0.3) is 0 Å². The van der Waals surface area contributed by atoms with Gasteiger partial charge in [0.05, 0.1) is 5.52 Å². The molecule has 0 saturated carbocycles. The zero-order valence-corrected chi connectivity index (χ0v) is 15.4. The van der Waals surface area contributed by atoms with Crippen LogP contribution in [0, 0.1) is 17.1 Å². The van der Waals surface area contributed by atoms with Crippen molar-refractivity contribution in [1.29, 1.82) is 5.26 Å². The molecule has 0 amide bonds. The molecule has 0 spiro atoms. The molecule has 0 radical (unpaired) electrons. The van der Waals surface area contributed by atoms with E-state index in [-0.39, 0.29) is 17.2 Å². The molecule has 0 aliphatic rings. The fourth-order valence-electron chi connectivity index (χ4n) is 2.85. The number of aromatic nitrogens is 3. The third-order valence-electron chi connectivity index (χ3n) is 4.45. The van der Waals surface area contributed by atoms with Crippen molar-refractivity contribution in [1.82, 2.24) is 19.9 Å². The summed E-state index contributed by atoms with van der Waals surface area (Å²) in [5, 5.41) is 9.90. The summed E-state index contributed by atoms with van der Waals surface area (Å²) in [7, 11) is 3.73. The second kappa shape index (κ2) is 7.51. The van der Waals surface area contributed by atoms with Crippen molar-refractivity contribution < 1.29 is 4.39 Å². The first-order chi connectivity index (χ1) is 13.0. The lowest BCUT2D eigenvalue weighted by Gasteiger charge is -2.24. The molecule has 0 bridgehead atoms. The molecule has 0 aliphatic heterocycles. The third-order valence-corrected chi connectivity index (χ3v) is 4.45. The minimum Gasteiger partial charge on any atom is -0.382 e. The van der Waals surface area contributed by atoms with Gasteiger partial charge in [-0.05, 0) is 31.8 Å². The van der Waals surface area contributed by atoms with E-state index >= 15 is 0 Å². The van der Waals surface area contributed by atoms with Gasteiger partial charge in [-0.25, -0.2) is 19.3 Å². The Morgan fingerprint density at radius 1 is 1.22 bits per heavy atom. The molecule has 2 heterocycles. The second-order valence-electron chi connectivity index (χ2n) is 6.24. The Morgan fingerprint density at radius 2 is 2.00 bits per heavy atom. The van der Waals surface area contributed by atoms with Gasteiger partial charge in [-0.15, -0.1) is 0 Å². The first-order valence-electron chi connectivity index (χ1n) is 8.47. The molecule has 0 aliphatic carbocycles. The molecule has 0 unspecified atom stereocenters. The van der Waals surface area contributed by atoms with Crippen LogP contribution in [-0.2, 0) is 6.54 Å². The highest BCUT2D eigenvalue weighted by atomic mass is 19.1. The number of hydrogen-bond acceptors (Lipinski definition) is 7. The number of anilines is 3. The fourth-order valence-corrected chi connectivity index (χ4v) is 2.85. The summed E-state index contributed by atoms with van der Waals surface area (Å²) in [6.07, 6.45) is 1.31. The number of nitrogens with two attached hydrogens (primary N) is 1. The van der Waals surface area contributed by atoms with Crippen molar-refractivity contribution in [2.45, 2.75) is 13.5 Å². The monoisotopic (exact) mass is 365 g/mol. The molecule has 0 fully saturated rings. The number of nitriles is 1. The zero-order chi connectivity index (χ0) is 19.6. The van der Waals surface area contributed by atoms with Gasteiger partial charge in [0.2, 0.25) is 0 Å². The molecule has 27 heavy (non-hydrogen) atoms.